The molecule has 0 N–H and O–H groups in total. The number of hydrogen-bond acceptors (Lipinski definition) is 4. The number of aryl methyl sites for hydroxylation is 2. The lowest BCUT2D eigenvalue weighted by Gasteiger charge is -2.31. The van der Waals surface area contributed by atoms with Gasteiger partial charge in [0.05, 0.1) is 24.3 Å². The van der Waals surface area contributed by atoms with E-state index in [0.29, 0.717) is 18.7 Å². The predicted molar refractivity (Wildman–Crippen MR) is 73.2 cm³/mol. The number of amides is 1. The van der Waals surface area contributed by atoms with Crippen molar-refractivity contribution in [1.29, 1.82) is 0 Å². The van der Waals surface area contributed by atoms with Crippen molar-refractivity contribution in [2.45, 2.75) is 26.2 Å². The van der Waals surface area contributed by atoms with Gasteiger partial charge in [-0.2, -0.15) is 5.10 Å². The van der Waals surface area contributed by atoms with E-state index in [1.807, 2.05) is 14.0 Å². The zero-order valence-corrected chi connectivity index (χ0v) is 12.3. The third-order valence-electron chi connectivity index (χ3n) is 3.71. The number of carbonyl (C=O) groups is 2. The van der Waals surface area contributed by atoms with E-state index in [2.05, 4.69) is 5.10 Å². The van der Waals surface area contributed by atoms with Crippen LogP contribution in [0.3, 0.4) is 0 Å². The molecule has 1 fully saturated rings. The summed E-state index contributed by atoms with van der Waals surface area (Å²) >= 11 is 0. The summed E-state index contributed by atoms with van der Waals surface area (Å²) in [4.78, 5) is 25.9. The lowest BCUT2D eigenvalue weighted by Crippen LogP contribution is -2.42. The maximum Gasteiger partial charge on any atom is 0.310 e. The standard InChI is InChI=1S/C14H21N3O3/c1-4-12-11(9-16(2)15-12)13(18)17-7-5-6-10(8-17)14(19)20-3/h9-10H,4-8H2,1-3H3/t10-/m0/s1. The molecule has 1 aromatic rings. The summed E-state index contributed by atoms with van der Waals surface area (Å²) in [5.41, 5.74) is 1.44. The highest BCUT2D eigenvalue weighted by atomic mass is 16.5. The number of ether oxygens (including phenoxy) is 1. The van der Waals surface area contributed by atoms with Crippen molar-refractivity contribution in [1.82, 2.24) is 14.7 Å². The van der Waals surface area contributed by atoms with Gasteiger partial charge in [0.25, 0.3) is 5.91 Å². The Kier molecular flexibility index (Phi) is 4.42. The Morgan fingerprint density at radius 2 is 2.25 bits per heavy atom. The fourth-order valence-electron chi connectivity index (χ4n) is 2.67. The SMILES string of the molecule is CCc1nn(C)cc1C(=O)N1CCC[C@H](C(=O)OC)C1. The van der Waals surface area contributed by atoms with Gasteiger partial charge in [-0.15, -0.1) is 0 Å². The first-order chi connectivity index (χ1) is 9.56. The molecule has 1 aliphatic rings. The van der Waals surface area contributed by atoms with Crippen molar-refractivity contribution in [2.24, 2.45) is 13.0 Å². The van der Waals surface area contributed by atoms with Crippen molar-refractivity contribution in [3.63, 3.8) is 0 Å². The van der Waals surface area contributed by atoms with Gasteiger partial charge in [-0.3, -0.25) is 14.3 Å². The number of methoxy groups -OCH3 is 1. The Bertz CT molecular complexity index is 510. The number of hydrogen-bond donors (Lipinski definition) is 0. The van der Waals surface area contributed by atoms with Crippen LogP contribution in [-0.2, 0) is 23.0 Å². The zero-order chi connectivity index (χ0) is 14.7. The van der Waals surface area contributed by atoms with Gasteiger partial charge in [-0.1, -0.05) is 6.92 Å². The van der Waals surface area contributed by atoms with E-state index in [4.69, 9.17) is 4.74 Å². The van der Waals surface area contributed by atoms with Crippen molar-refractivity contribution in [2.75, 3.05) is 20.2 Å². The molecule has 2 heterocycles. The molecule has 0 unspecified atom stereocenters. The molecule has 1 aromatic heterocycles. The average molecular weight is 279 g/mol. The molecule has 0 saturated carbocycles. The molecule has 1 atom stereocenters. The average Bonchev–Trinajstić information content (AvgIpc) is 2.86. The molecule has 6 heteroatoms. The van der Waals surface area contributed by atoms with Gasteiger partial charge in [0.2, 0.25) is 0 Å². The molecule has 0 aromatic carbocycles. The topological polar surface area (TPSA) is 64.4 Å². The van der Waals surface area contributed by atoms with Gasteiger partial charge in [0.15, 0.2) is 0 Å². The second-order valence-corrected chi connectivity index (χ2v) is 5.13. The van der Waals surface area contributed by atoms with Crippen LogP contribution in [0.4, 0.5) is 0 Å². The number of aromatic nitrogens is 2. The molecule has 6 nitrogen and oxygen atoms in total. The van der Waals surface area contributed by atoms with E-state index in [9.17, 15) is 9.59 Å². The van der Waals surface area contributed by atoms with Gasteiger partial charge in [-0.25, -0.2) is 0 Å². The Labute approximate surface area is 118 Å². The van der Waals surface area contributed by atoms with Gasteiger partial charge in [0.1, 0.15) is 0 Å². The second-order valence-electron chi connectivity index (χ2n) is 5.13. The first kappa shape index (κ1) is 14.6. The number of rotatable bonds is 3. The smallest absolute Gasteiger partial charge is 0.310 e. The summed E-state index contributed by atoms with van der Waals surface area (Å²) in [5, 5.41) is 4.29. The molecule has 20 heavy (non-hydrogen) atoms. The van der Waals surface area contributed by atoms with E-state index in [0.717, 1.165) is 25.0 Å². The van der Waals surface area contributed by atoms with Crippen LogP contribution in [-0.4, -0.2) is 46.8 Å². The number of nitrogens with zero attached hydrogens (tertiary/aromatic N) is 3. The third-order valence-corrected chi connectivity index (χ3v) is 3.71. The Balaban J connectivity index is 2.14. The molecule has 1 amide bonds. The normalized spacial score (nSPS) is 18.9. The van der Waals surface area contributed by atoms with Crippen LogP contribution in [0.5, 0.6) is 0 Å². The molecule has 1 aliphatic heterocycles. The number of likely N-dealkylation sites (tertiary alicyclic amines) is 1. The van der Waals surface area contributed by atoms with Gasteiger partial charge < -0.3 is 9.64 Å². The highest BCUT2D eigenvalue weighted by Crippen LogP contribution is 2.20. The van der Waals surface area contributed by atoms with Crippen molar-refractivity contribution >= 4 is 11.9 Å². The summed E-state index contributed by atoms with van der Waals surface area (Å²) in [6.45, 7) is 3.10. The number of esters is 1. The lowest BCUT2D eigenvalue weighted by molar-refractivity contribution is -0.146. The van der Waals surface area contributed by atoms with E-state index in [1.54, 1.807) is 15.8 Å². The fourth-order valence-corrected chi connectivity index (χ4v) is 2.67. The summed E-state index contributed by atoms with van der Waals surface area (Å²) in [5.74, 6) is -0.479. The maximum absolute atomic E-state index is 12.6. The van der Waals surface area contributed by atoms with Crippen molar-refractivity contribution in [3.05, 3.63) is 17.5 Å². The third kappa shape index (κ3) is 2.84. The Morgan fingerprint density at radius 1 is 1.50 bits per heavy atom. The first-order valence-electron chi connectivity index (χ1n) is 6.96. The summed E-state index contributed by atoms with van der Waals surface area (Å²) < 4.78 is 6.44. The van der Waals surface area contributed by atoms with Crippen LogP contribution in [0.25, 0.3) is 0 Å². The van der Waals surface area contributed by atoms with Crippen LogP contribution in [0, 0.1) is 5.92 Å². The molecule has 2 rings (SSSR count). The van der Waals surface area contributed by atoms with E-state index in [1.165, 1.54) is 7.11 Å². The van der Waals surface area contributed by atoms with Crippen LogP contribution in [0.1, 0.15) is 35.8 Å². The predicted octanol–water partition coefficient (Wildman–Crippen LogP) is 1.01. The van der Waals surface area contributed by atoms with E-state index >= 15 is 0 Å². The summed E-state index contributed by atoms with van der Waals surface area (Å²) in [6, 6.07) is 0. The molecule has 1 saturated heterocycles. The largest absolute Gasteiger partial charge is 0.469 e. The highest BCUT2D eigenvalue weighted by Gasteiger charge is 2.30. The van der Waals surface area contributed by atoms with Gasteiger partial charge in [0, 0.05) is 26.3 Å². The van der Waals surface area contributed by atoms with E-state index < -0.39 is 0 Å². The molecular formula is C14H21N3O3. The fraction of sp³-hybridized carbons (Fsp3) is 0.643. The second kappa shape index (κ2) is 6.07. The van der Waals surface area contributed by atoms with Crippen molar-refractivity contribution in [3.8, 4) is 0 Å². The lowest BCUT2D eigenvalue weighted by atomic mass is 9.97. The molecule has 0 aliphatic carbocycles. The quantitative estimate of drug-likeness (QED) is 0.775. The maximum atomic E-state index is 12.6. The molecule has 110 valence electrons. The van der Waals surface area contributed by atoms with Crippen molar-refractivity contribution < 1.29 is 14.3 Å². The number of carbonyl (C=O) groups excluding carboxylic acids is 2. The zero-order valence-electron chi connectivity index (χ0n) is 12.3. The van der Waals surface area contributed by atoms with Crippen LogP contribution < -0.4 is 0 Å². The van der Waals surface area contributed by atoms with Crippen LogP contribution in [0.2, 0.25) is 0 Å². The van der Waals surface area contributed by atoms with Gasteiger partial charge >= 0.3 is 5.97 Å². The minimum Gasteiger partial charge on any atom is -0.469 e. The minimum atomic E-state index is -0.232. The molecule has 0 radical (unpaired) electrons. The summed E-state index contributed by atoms with van der Waals surface area (Å²) in [6.07, 6.45) is 4.08. The summed E-state index contributed by atoms with van der Waals surface area (Å²) in [7, 11) is 3.20. The minimum absolute atomic E-state index is 0.0384. The van der Waals surface area contributed by atoms with Crippen LogP contribution >= 0.6 is 0 Å². The first-order valence-corrected chi connectivity index (χ1v) is 6.96. The molecule has 0 spiro atoms. The Morgan fingerprint density at radius 3 is 2.90 bits per heavy atom. The van der Waals surface area contributed by atoms with E-state index in [-0.39, 0.29) is 17.8 Å². The molecule has 0 bridgehead atoms. The van der Waals surface area contributed by atoms with Gasteiger partial charge in [-0.05, 0) is 19.3 Å². The Hall–Kier alpha value is -1.85. The monoisotopic (exact) mass is 279 g/mol. The number of piperidine rings is 1. The highest BCUT2D eigenvalue weighted by molar-refractivity contribution is 5.95. The molecular weight excluding hydrogens is 258 g/mol. The van der Waals surface area contributed by atoms with Crippen LogP contribution in [0.15, 0.2) is 6.20 Å².